The Labute approximate surface area is 137 Å². The molecule has 2 heterocycles. The summed E-state index contributed by atoms with van der Waals surface area (Å²) in [7, 11) is 0. The molecule has 0 aliphatic carbocycles. The second kappa shape index (κ2) is 6.27. The van der Waals surface area contributed by atoms with Crippen LogP contribution in [-0.4, -0.2) is 26.0 Å². The van der Waals surface area contributed by atoms with E-state index in [0.29, 0.717) is 23.3 Å². The van der Waals surface area contributed by atoms with E-state index in [4.69, 9.17) is 9.63 Å². The molecule has 7 nitrogen and oxygen atoms in total. The van der Waals surface area contributed by atoms with Gasteiger partial charge in [0.1, 0.15) is 0 Å². The van der Waals surface area contributed by atoms with E-state index in [2.05, 4.69) is 10.3 Å². The summed E-state index contributed by atoms with van der Waals surface area (Å²) >= 11 is 0. The van der Waals surface area contributed by atoms with E-state index < -0.39 is 11.5 Å². The van der Waals surface area contributed by atoms with Crippen molar-refractivity contribution in [2.75, 3.05) is 0 Å². The summed E-state index contributed by atoms with van der Waals surface area (Å²) in [4.78, 5) is 23.3. The number of carbonyl (C=O) groups is 1. The molecular weight excluding hydrogens is 310 g/mol. The van der Waals surface area contributed by atoms with Gasteiger partial charge in [-0.1, -0.05) is 35.8 Å². The first-order chi connectivity index (χ1) is 11.5. The first-order valence-corrected chi connectivity index (χ1v) is 7.69. The van der Waals surface area contributed by atoms with Crippen molar-refractivity contribution in [3.8, 4) is 11.3 Å². The fraction of sp³-hybridized carbons (Fsp3) is 0.294. The van der Waals surface area contributed by atoms with Crippen LogP contribution in [-0.2, 0) is 17.8 Å². The third-order valence-electron chi connectivity index (χ3n) is 3.81. The summed E-state index contributed by atoms with van der Waals surface area (Å²) < 4.78 is 6.59. The molecule has 2 aromatic heterocycles. The van der Waals surface area contributed by atoms with Crippen LogP contribution in [0.25, 0.3) is 22.2 Å². The van der Waals surface area contributed by atoms with E-state index in [-0.39, 0.29) is 18.5 Å². The SMILES string of the molecule is CCc1nn(CCC(=O)O)c(=O)c2noc(-c3cccc(C)c3)c12. The predicted octanol–water partition coefficient (Wildman–Crippen LogP) is 2.40. The highest BCUT2D eigenvalue weighted by molar-refractivity contribution is 5.92. The zero-order chi connectivity index (χ0) is 17.3. The van der Waals surface area contributed by atoms with Crippen molar-refractivity contribution in [3.05, 3.63) is 45.9 Å². The number of fused-ring (bicyclic) bond motifs is 1. The van der Waals surface area contributed by atoms with Gasteiger partial charge in [-0.05, 0) is 19.4 Å². The minimum absolute atomic E-state index is 0.00372. The van der Waals surface area contributed by atoms with Crippen LogP contribution in [0.15, 0.2) is 33.6 Å². The molecule has 0 spiro atoms. The molecule has 0 unspecified atom stereocenters. The van der Waals surface area contributed by atoms with Crippen LogP contribution in [0.1, 0.15) is 24.6 Å². The minimum atomic E-state index is -0.984. The average Bonchev–Trinajstić information content (AvgIpc) is 3.00. The van der Waals surface area contributed by atoms with Crippen molar-refractivity contribution >= 4 is 16.9 Å². The van der Waals surface area contributed by atoms with Gasteiger partial charge in [-0.2, -0.15) is 5.10 Å². The number of benzene rings is 1. The fourth-order valence-corrected chi connectivity index (χ4v) is 2.65. The summed E-state index contributed by atoms with van der Waals surface area (Å²) in [5, 5.41) is 17.6. The summed E-state index contributed by atoms with van der Waals surface area (Å²) in [6.45, 7) is 3.89. The van der Waals surface area contributed by atoms with Crippen LogP contribution < -0.4 is 5.56 Å². The number of carboxylic acid groups (broad SMARTS) is 1. The number of aliphatic carboxylic acids is 1. The van der Waals surface area contributed by atoms with Crippen LogP contribution >= 0.6 is 0 Å². The highest BCUT2D eigenvalue weighted by Crippen LogP contribution is 2.29. The van der Waals surface area contributed by atoms with E-state index in [0.717, 1.165) is 15.8 Å². The fourth-order valence-electron chi connectivity index (χ4n) is 2.65. The number of aromatic nitrogens is 3. The standard InChI is InChI=1S/C17H17N3O4/c1-3-12-14-15(17(23)20(18-12)8-7-13(21)22)19-24-16(14)11-6-4-5-10(2)9-11/h4-6,9H,3,7-8H2,1-2H3,(H,21,22). The molecular formula is C17H17N3O4. The molecule has 24 heavy (non-hydrogen) atoms. The summed E-state index contributed by atoms with van der Waals surface area (Å²) in [5.74, 6) is -0.469. The lowest BCUT2D eigenvalue weighted by Crippen LogP contribution is -2.25. The largest absolute Gasteiger partial charge is 0.481 e. The van der Waals surface area contributed by atoms with E-state index in [1.54, 1.807) is 0 Å². The summed E-state index contributed by atoms with van der Waals surface area (Å²) in [6.07, 6.45) is 0.397. The lowest BCUT2D eigenvalue weighted by molar-refractivity contribution is -0.137. The van der Waals surface area contributed by atoms with Gasteiger partial charge in [-0.3, -0.25) is 9.59 Å². The molecule has 7 heteroatoms. The van der Waals surface area contributed by atoms with Crippen LogP contribution in [0.4, 0.5) is 0 Å². The monoisotopic (exact) mass is 327 g/mol. The molecule has 0 bridgehead atoms. The highest BCUT2D eigenvalue weighted by atomic mass is 16.5. The first-order valence-electron chi connectivity index (χ1n) is 7.69. The van der Waals surface area contributed by atoms with Crippen molar-refractivity contribution in [1.82, 2.24) is 14.9 Å². The van der Waals surface area contributed by atoms with Crippen molar-refractivity contribution in [3.63, 3.8) is 0 Å². The second-order valence-corrected chi connectivity index (χ2v) is 5.58. The summed E-state index contributed by atoms with van der Waals surface area (Å²) in [6, 6.07) is 7.73. The number of rotatable bonds is 5. The highest BCUT2D eigenvalue weighted by Gasteiger charge is 2.20. The number of nitrogens with zero attached hydrogens (tertiary/aromatic N) is 3. The van der Waals surface area contributed by atoms with E-state index in [1.807, 2.05) is 38.1 Å². The number of hydrogen-bond donors (Lipinski definition) is 1. The van der Waals surface area contributed by atoms with Crippen molar-refractivity contribution in [2.45, 2.75) is 33.2 Å². The predicted molar refractivity (Wildman–Crippen MR) is 87.9 cm³/mol. The zero-order valence-corrected chi connectivity index (χ0v) is 13.4. The van der Waals surface area contributed by atoms with Gasteiger partial charge in [0, 0.05) is 5.56 Å². The topological polar surface area (TPSA) is 98.2 Å². The first kappa shape index (κ1) is 15.9. The molecule has 0 atom stereocenters. The van der Waals surface area contributed by atoms with Gasteiger partial charge in [0.25, 0.3) is 5.56 Å². The molecule has 0 fully saturated rings. The second-order valence-electron chi connectivity index (χ2n) is 5.58. The van der Waals surface area contributed by atoms with E-state index in [9.17, 15) is 9.59 Å². The van der Waals surface area contributed by atoms with Gasteiger partial charge in [0.15, 0.2) is 11.3 Å². The van der Waals surface area contributed by atoms with Gasteiger partial charge in [-0.15, -0.1) is 0 Å². The molecule has 1 aromatic carbocycles. The molecule has 124 valence electrons. The van der Waals surface area contributed by atoms with Gasteiger partial charge in [0.2, 0.25) is 0 Å². The molecule has 0 saturated carbocycles. The molecule has 1 N–H and O–H groups in total. The molecule has 3 aromatic rings. The third kappa shape index (κ3) is 2.80. The zero-order valence-electron chi connectivity index (χ0n) is 13.4. The molecule has 0 aliphatic rings. The Balaban J connectivity index is 2.20. The van der Waals surface area contributed by atoms with E-state index in [1.165, 1.54) is 0 Å². The smallest absolute Gasteiger partial charge is 0.305 e. The number of carboxylic acids is 1. The maximum Gasteiger partial charge on any atom is 0.305 e. The Hall–Kier alpha value is -2.96. The molecule has 0 amide bonds. The maximum atomic E-state index is 12.5. The average molecular weight is 327 g/mol. The van der Waals surface area contributed by atoms with Crippen molar-refractivity contribution < 1.29 is 14.4 Å². The van der Waals surface area contributed by atoms with Crippen molar-refractivity contribution in [1.29, 1.82) is 0 Å². The molecule has 0 saturated heterocycles. The van der Waals surface area contributed by atoms with Gasteiger partial charge >= 0.3 is 5.97 Å². The molecule has 0 radical (unpaired) electrons. The number of hydrogen-bond acceptors (Lipinski definition) is 5. The van der Waals surface area contributed by atoms with Gasteiger partial charge in [0.05, 0.1) is 24.0 Å². The van der Waals surface area contributed by atoms with Crippen LogP contribution in [0.2, 0.25) is 0 Å². The lowest BCUT2D eigenvalue weighted by Gasteiger charge is -2.06. The molecule has 0 aliphatic heterocycles. The maximum absolute atomic E-state index is 12.5. The Morgan fingerprint density at radius 2 is 2.17 bits per heavy atom. The van der Waals surface area contributed by atoms with E-state index >= 15 is 0 Å². The third-order valence-corrected chi connectivity index (χ3v) is 3.81. The molecule has 3 rings (SSSR count). The van der Waals surface area contributed by atoms with Gasteiger partial charge in [-0.25, -0.2) is 4.68 Å². The lowest BCUT2D eigenvalue weighted by atomic mass is 10.1. The Bertz CT molecular complexity index is 972. The van der Waals surface area contributed by atoms with Crippen LogP contribution in [0.5, 0.6) is 0 Å². The number of aryl methyl sites for hydroxylation is 3. The van der Waals surface area contributed by atoms with Gasteiger partial charge < -0.3 is 9.63 Å². The Morgan fingerprint density at radius 1 is 1.38 bits per heavy atom. The van der Waals surface area contributed by atoms with Crippen LogP contribution in [0.3, 0.4) is 0 Å². The Kier molecular flexibility index (Phi) is 4.16. The van der Waals surface area contributed by atoms with Crippen molar-refractivity contribution in [2.24, 2.45) is 0 Å². The summed E-state index contributed by atoms with van der Waals surface area (Å²) in [5.41, 5.74) is 2.30. The Morgan fingerprint density at radius 3 is 2.83 bits per heavy atom. The normalized spacial score (nSPS) is 11.1. The van der Waals surface area contributed by atoms with Crippen LogP contribution in [0, 0.1) is 6.92 Å². The minimum Gasteiger partial charge on any atom is -0.481 e. The quantitative estimate of drug-likeness (QED) is 0.772.